The predicted molar refractivity (Wildman–Crippen MR) is 77.9 cm³/mol. The molecule has 6 heteroatoms. The van der Waals surface area contributed by atoms with E-state index in [2.05, 4.69) is 22.6 Å². The summed E-state index contributed by atoms with van der Waals surface area (Å²) in [6.07, 6.45) is 5.28. The van der Waals surface area contributed by atoms with E-state index >= 15 is 0 Å². The van der Waals surface area contributed by atoms with Crippen LogP contribution in [-0.2, 0) is 4.79 Å². The Morgan fingerprint density at radius 1 is 1.24 bits per heavy atom. The number of carbonyl (C=O) groups excluding carboxylic acids is 1. The van der Waals surface area contributed by atoms with E-state index < -0.39 is 11.9 Å². The van der Waals surface area contributed by atoms with E-state index in [1.54, 1.807) is 0 Å². The number of nitrogens with one attached hydrogen (secondary N) is 2. The molecular formula is C15H25N3O3. The van der Waals surface area contributed by atoms with Gasteiger partial charge in [0.2, 0.25) is 0 Å². The molecule has 0 spiro atoms. The molecule has 6 nitrogen and oxygen atoms in total. The standard InChI is InChI=1S/C15H25N3O3/c1-18-6-2-3-11(18)8-16-15(21)17-13-10-5-4-9(7-10)12(13)14(19)20/h9-13H,2-8H2,1H3,(H,19,20)(H2,16,17,21). The molecule has 3 rings (SSSR count). The minimum Gasteiger partial charge on any atom is -0.481 e. The van der Waals surface area contributed by atoms with Gasteiger partial charge in [-0.1, -0.05) is 0 Å². The van der Waals surface area contributed by atoms with Gasteiger partial charge >= 0.3 is 12.0 Å². The van der Waals surface area contributed by atoms with Gasteiger partial charge < -0.3 is 20.6 Å². The van der Waals surface area contributed by atoms with Gasteiger partial charge in [0.05, 0.1) is 5.92 Å². The molecule has 2 saturated carbocycles. The molecule has 1 heterocycles. The Bertz CT molecular complexity index is 428. The molecule has 1 saturated heterocycles. The Kier molecular flexibility index (Phi) is 4.06. The second-order valence-electron chi connectivity index (χ2n) is 6.85. The third-order valence-corrected chi connectivity index (χ3v) is 5.67. The SMILES string of the molecule is CN1CCCC1CNC(=O)NC1C2CCC(C2)C1C(=O)O. The number of urea groups is 1. The van der Waals surface area contributed by atoms with Crippen LogP contribution in [0.2, 0.25) is 0 Å². The lowest BCUT2D eigenvalue weighted by molar-refractivity contribution is -0.144. The van der Waals surface area contributed by atoms with E-state index in [9.17, 15) is 14.7 Å². The Labute approximate surface area is 125 Å². The molecular weight excluding hydrogens is 270 g/mol. The molecule has 118 valence electrons. The summed E-state index contributed by atoms with van der Waals surface area (Å²) in [6, 6.07) is 0.00714. The van der Waals surface area contributed by atoms with Crippen molar-refractivity contribution < 1.29 is 14.7 Å². The van der Waals surface area contributed by atoms with Crippen LogP contribution in [0.15, 0.2) is 0 Å². The molecule has 21 heavy (non-hydrogen) atoms. The lowest BCUT2D eigenvalue weighted by Gasteiger charge is -2.29. The zero-order valence-corrected chi connectivity index (χ0v) is 12.5. The maximum atomic E-state index is 12.1. The summed E-state index contributed by atoms with van der Waals surface area (Å²) in [5, 5.41) is 15.2. The molecule has 3 fully saturated rings. The van der Waals surface area contributed by atoms with Crippen molar-refractivity contribution in [3.63, 3.8) is 0 Å². The Morgan fingerprint density at radius 2 is 2.00 bits per heavy atom. The summed E-state index contributed by atoms with van der Waals surface area (Å²) < 4.78 is 0. The zero-order valence-electron chi connectivity index (χ0n) is 12.5. The maximum Gasteiger partial charge on any atom is 0.315 e. The zero-order chi connectivity index (χ0) is 15.0. The van der Waals surface area contributed by atoms with E-state index in [4.69, 9.17) is 0 Å². The number of carbonyl (C=O) groups is 2. The van der Waals surface area contributed by atoms with Gasteiger partial charge in [0.25, 0.3) is 0 Å². The smallest absolute Gasteiger partial charge is 0.315 e. The predicted octanol–water partition coefficient (Wildman–Crippen LogP) is 0.879. The Balaban J connectivity index is 1.51. The van der Waals surface area contributed by atoms with Crippen LogP contribution >= 0.6 is 0 Å². The number of nitrogens with zero attached hydrogens (tertiary/aromatic N) is 1. The minimum absolute atomic E-state index is 0.192. The number of carboxylic acids is 1. The molecule has 0 aromatic carbocycles. The van der Waals surface area contributed by atoms with Crippen LogP contribution in [0.1, 0.15) is 32.1 Å². The fourth-order valence-corrected chi connectivity index (χ4v) is 4.50. The van der Waals surface area contributed by atoms with Crippen molar-refractivity contribution in [1.82, 2.24) is 15.5 Å². The highest BCUT2D eigenvalue weighted by atomic mass is 16.4. The Hall–Kier alpha value is -1.30. The molecule has 0 aromatic heterocycles. The number of amides is 2. The van der Waals surface area contributed by atoms with Gasteiger partial charge in [-0.25, -0.2) is 4.79 Å². The second-order valence-corrected chi connectivity index (χ2v) is 6.85. The van der Waals surface area contributed by atoms with Gasteiger partial charge in [0.15, 0.2) is 0 Å². The summed E-state index contributed by atoms with van der Waals surface area (Å²) in [4.78, 5) is 25.7. The molecule has 3 N–H and O–H groups in total. The molecule has 2 aliphatic carbocycles. The first-order valence-electron chi connectivity index (χ1n) is 8.03. The average Bonchev–Trinajstić information content (AvgIpc) is 3.12. The number of rotatable bonds is 4. The number of likely N-dealkylation sites (N-methyl/N-ethyl adjacent to an activating group) is 1. The number of likely N-dealkylation sites (tertiary alicyclic amines) is 1. The van der Waals surface area contributed by atoms with Crippen LogP contribution < -0.4 is 10.6 Å². The molecule has 5 unspecified atom stereocenters. The minimum atomic E-state index is -0.761. The first kappa shape index (κ1) is 14.6. The summed E-state index contributed by atoms with van der Waals surface area (Å²) in [5.41, 5.74) is 0. The topological polar surface area (TPSA) is 81.7 Å². The molecule has 1 aliphatic heterocycles. The maximum absolute atomic E-state index is 12.1. The Morgan fingerprint density at radius 3 is 2.67 bits per heavy atom. The fourth-order valence-electron chi connectivity index (χ4n) is 4.50. The number of fused-ring (bicyclic) bond motifs is 2. The van der Waals surface area contributed by atoms with Crippen molar-refractivity contribution in [2.45, 2.75) is 44.2 Å². The average molecular weight is 295 g/mol. The molecule has 2 bridgehead atoms. The fraction of sp³-hybridized carbons (Fsp3) is 0.867. The molecule has 5 atom stereocenters. The lowest BCUT2D eigenvalue weighted by atomic mass is 9.84. The summed E-state index contributed by atoms with van der Waals surface area (Å²) in [5.74, 6) is -0.568. The van der Waals surface area contributed by atoms with Gasteiger partial charge in [-0.2, -0.15) is 0 Å². The second kappa shape index (κ2) is 5.83. The lowest BCUT2D eigenvalue weighted by Crippen LogP contribution is -2.51. The van der Waals surface area contributed by atoms with E-state index in [0.29, 0.717) is 18.5 Å². The van der Waals surface area contributed by atoms with Crippen molar-refractivity contribution in [3.8, 4) is 0 Å². The van der Waals surface area contributed by atoms with Crippen LogP contribution in [0.5, 0.6) is 0 Å². The number of aliphatic carboxylic acids is 1. The van der Waals surface area contributed by atoms with Crippen LogP contribution in [0.25, 0.3) is 0 Å². The van der Waals surface area contributed by atoms with E-state index in [-0.39, 0.29) is 18.0 Å². The van der Waals surface area contributed by atoms with Crippen LogP contribution in [0.3, 0.4) is 0 Å². The number of hydrogen-bond donors (Lipinski definition) is 3. The first-order valence-corrected chi connectivity index (χ1v) is 8.03. The first-order chi connectivity index (χ1) is 10.1. The number of carboxylic acid groups (broad SMARTS) is 1. The molecule has 0 radical (unpaired) electrons. The van der Waals surface area contributed by atoms with E-state index in [1.807, 2.05) is 0 Å². The van der Waals surface area contributed by atoms with Gasteiger partial charge in [-0.05, 0) is 57.5 Å². The van der Waals surface area contributed by atoms with Gasteiger partial charge in [0.1, 0.15) is 0 Å². The summed E-state index contributed by atoms with van der Waals surface area (Å²) in [7, 11) is 2.08. The highest BCUT2D eigenvalue weighted by molar-refractivity contribution is 5.77. The summed E-state index contributed by atoms with van der Waals surface area (Å²) in [6.45, 7) is 1.72. The highest BCUT2D eigenvalue weighted by Gasteiger charge is 2.51. The van der Waals surface area contributed by atoms with Crippen molar-refractivity contribution in [2.24, 2.45) is 17.8 Å². The van der Waals surface area contributed by atoms with E-state index in [0.717, 1.165) is 32.2 Å². The third kappa shape index (κ3) is 2.86. The quantitative estimate of drug-likeness (QED) is 0.719. The van der Waals surface area contributed by atoms with Gasteiger partial charge in [-0.3, -0.25) is 4.79 Å². The van der Waals surface area contributed by atoms with Crippen LogP contribution in [-0.4, -0.2) is 54.2 Å². The van der Waals surface area contributed by atoms with Crippen LogP contribution in [0.4, 0.5) is 4.79 Å². The molecule has 0 aromatic rings. The van der Waals surface area contributed by atoms with Crippen molar-refractivity contribution in [3.05, 3.63) is 0 Å². The van der Waals surface area contributed by atoms with Gasteiger partial charge in [-0.15, -0.1) is 0 Å². The highest BCUT2D eigenvalue weighted by Crippen LogP contribution is 2.48. The van der Waals surface area contributed by atoms with Gasteiger partial charge in [0, 0.05) is 18.6 Å². The van der Waals surface area contributed by atoms with Crippen molar-refractivity contribution in [2.75, 3.05) is 20.1 Å². The summed E-state index contributed by atoms with van der Waals surface area (Å²) >= 11 is 0. The largest absolute Gasteiger partial charge is 0.481 e. The monoisotopic (exact) mass is 295 g/mol. The molecule has 2 amide bonds. The molecule has 3 aliphatic rings. The normalized spacial score (nSPS) is 38.6. The van der Waals surface area contributed by atoms with E-state index in [1.165, 1.54) is 6.42 Å². The van der Waals surface area contributed by atoms with Crippen molar-refractivity contribution >= 4 is 12.0 Å². The third-order valence-electron chi connectivity index (χ3n) is 5.67. The van der Waals surface area contributed by atoms with Crippen LogP contribution in [0, 0.1) is 17.8 Å². The number of hydrogen-bond acceptors (Lipinski definition) is 3. The van der Waals surface area contributed by atoms with Crippen molar-refractivity contribution in [1.29, 1.82) is 0 Å².